The lowest BCUT2D eigenvalue weighted by atomic mass is 9.90. The summed E-state index contributed by atoms with van der Waals surface area (Å²) in [6.45, 7) is 3.04. The molecule has 2 aliphatic rings. The van der Waals surface area contributed by atoms with Crippen LogP contribution >= 0.6 is 0 Å². The van der Waals surface area contributed by atoms with Gasteiger partial charge in [0.25, 0.3) is 0 Å². The Kier molecular flexibility index (Phi) is 4.40. The molecule has 0 spiro atoms. The molecule has 4 heteroatoms. The molecule has 1 atom stereocenters. The van der Waals surface area contributed by atoms with Gasteiger partial charge in [0.2, 0.25) is 5.91 Å². The van der Waals surface area contributed by atoms with Gasteiger partial charge in [-0.25, -0.2) is 0 Å². The van der Waals surface area contributed by atoms with Gasteiger partial charge in [-0.1, -0.05) is 6.42 Å². The van der Waals surface area contributed by atoms with Crippen LogP contribution in [0.2, 0.25) is 0 Å². The third kappa shape index (κ3) is 3.42. The van der Waals surface area contributed by atoms with E-state index in [4.69, 9.17) is 5.11 Å². The summed E-state index contributed by atoms with van der Waals surface area (Å²) < 4.78 is 0. The predicted octanol–water partition coefficient (Wildman–Crippen LogP) is 0.890. The molecule has 0 aromatic carbocycles. The first-order valence-corrected chi connectivity index (χ1v) is 6.89. The molecule has 1 unspecified atom stereocenters. The Balaban J connectivity index is 1.85. The van der Waals surface area contributed by atoms with E-state index in [0.717, 1.165) is 25.8 Å². The number of hydrogen-bond donors (Lipinski definition) is 2. The fraction of sp³-hybridized carbons (Fsp3) is 0.923. The Morgan fingerprint density at radius 2 is 2.12 bits per heavy atom. The predicted molar refractivity (Wildman–Crippen MR) is 66.7 cm³/mol. The van der Waals surface area contributed by atoms with Crippen molar-refractivity contribution in [1.29, 1.82) is 0 Å². The fourth-order valence-electron chi connectivity index (χ4n) is 2.36. The molecule has 0 aromatic heterocycles. The smallest absolute Gasteiger partial charge is 0.237 e. The molecule has 1 amide bonds. The Morgan fingerprint density at radius 1 is 1.41 bits per heavy atom. The molecule has 17 heavy (non-hydrogen) atoms. The van der Waals surface area contributed by atoms with Crippen molar-refractivity contribution in [2.45, 2.75) is 63.6 Å². The normalized spacial score (nSPS) is 22.3. The Hall–Kier alpha value is -0.610. The van der Waals surface area contributed by atoms with E-state index < -0.39 is 0 Å². The summed E-state index contributed by atoms with van der Waals surface area (Å²) in [5.41, 5.74) is 0. The van der Waals surface area contributed by atoms with Crippen LogP contribution in [0, 0.1) is 0 Å². The Labute approximate surface area is 103 Å². The molecule has 2 rings (SSSR count). The Morgan fingerprint density at radius 3 is 2.59 bits per heavy atom. The van der Waals surface area contributed by atoms with Crippen molar-refractivity contribution in [3.8, 4) is 0 Å². The molecule has 0 saturated heterocycles. The van der Waals surface area contributed by atoms with Crippen LogP contribution in [-0.4, -0.2) is 47.2 Å². The molecule has 2 N–H and O–H groups in total. The number of rotatable bonds is 7. The van der Waals surface area contributed by atoms with Gasteiger partial charge in [-0.05, 0) is 39.0 Å². The molecule has 4 nitrogen and oxygen atoms in total. The second-order valence-corrected chi connectivity index (χ2v) is 5.36. The lowest BCUT2D eigenvalue weighted by Gasteiger charge is -2.40. The minimum atomic E-state index is -0.0487. The number of carbonyl (C=O) groups is 1. The number of aliphatic hydroxyl groups is 1. The second-order valence-electron chi connectivity index (χ2n) is 5.36. The highest BCUT2D eigenvalue weighted by Crippen LogP contribution is 2.27. The number of nitrogens with zero attached hydrogens (tertiary/aromatic N) is 1. The first-order chi connectivity index (χ1) is 8.22. The summed E-state index contributed by atoms with van der Waals surface area (Å²) in [5, 5.41) is 12.0. The van der Waals surface area contributed by atoms with E-state index in [-0.39, 0.29) is 18.6 Å². The topological polar surface area (TPSA) is 52.6 Å². The van der Waals surface area contributed by atoms with Crippen LogP contribution < -0.4 is 5.32 Å². The zero-order valence-electron chi connectivity index (χ0n) is 10.7. The molecule has 0 radical (unpaired) electrons. The molecule has 2 saturated carbocycles. The van der Waals surface area contributed by atoms with Gasteiger partial charge in [-0.3, -0.25) is 9.69 Å². The SMILES string of the molecule is CC(C(=O)NC1CC1)N(CCCO)C1CCC1. The summed E-state index contributed by atoms with van der Waals surface area (Å²) in [7, 11) is 0. The van der Waals surface area contributed by atoms with Crippen LogP contribution in [0.25, 0.3) is 0 Å². The van der Waals surface area contributed by atoms with Crippen molar-refractivity contribution in [2.75, 3.05) is 13.2 Å². The summed E-state index contributed by atoms with van der Waals surface area (Å²) in [6.07, 6.45) is 6.71. The van der Waals surface area contributed by atoms with Gasteiger partial charge < -0.3 is 10.4 Å². The summed E-state index contributed by atoms with van der Waals surface area (Å²) in [6, 6.07) is 0.944. The molecule has 0 aromatic rings. The van der Waals surface area contributed by atoms with Gasteiger partial charge >= 0.3 is 0 Å². The highest BCUT2D eigenvalue weighted by molar-refractivity contribution is 5.81. The van der Waals surface area contributed by atoms with Crippen LogP contribution in [0.4, 0.5) is 0 Å². The van der Waals surface area contributed by atoms with E-state index in [1.54, 1.807) is 0 Å². The van der Waals surface area contributed by atoms with E-state index in [1.165, 1.54) is 19.3 Å². The first kappa shape index (κ1) is 12.8. The lowest BCUT2D eigenvalue weighted by Crippen LogP contribution is -2.52. The number of aliphatic hydroxyl groups excluding tert-OH is 1. The van der Waals surface area contributed by atoms with Crippen molar-refractivity contribution in [2.24, 2.45) is 0 Å². The van der Waals surface area contributed by atoms with E-state index in [1.807, 2.05) is 6.92 Å². The third-order valence-electron chi connectivity index (χ3n) is 3.92. The molecule has 2 fully saturated rings. The molecule has 0 bridgehead atoms. The summed E-state index contributed by atoms with van der Waals surface area (Å²) in [4.78, 5) is 14.3. The maximum absolute atomic E-state index is 12.0. The van der Waals surface area contributed by atoms with Gasteiger partial charge in [0.1, 0.15) is 0 Å². The number of carbonyl (C=O) groups excluding carboxylic acids is 1. The highest BCUT2D eigenvalue weighted by atomic mass is 16.3. The molecule has 2 aliphatic carbocycles. The molecule has 0 aliphatic heterocycles. The maximum atomic E-state index is 12.0. The van der Waals surface area contributed by atoms with Crippen molar-refractivity contribution < 1.29 is 9.90 Å². The standard InChI is InChI=1S/C13H24N2O2/c1-10(13(17)14-11-6-7-11)15(8-3-9-16)12-4-2-5-12/h10-12,16H,2-9H2,1H3,(H,14,17). The Bertz CT molecular complexity index is 262. The number of amides is 1. The van der Waals surface area contributed by atoms with Crippen molar-refractivity contribution in [3.05, 3.63) is 0 Å². The average Bonchev–Trinajstić information content (AvgIpc) is 3.04. The zero-order chi connectivity index (χ0) is 12.3. The molecule has 98 valence electrons. The second kappa shape index (κ2) is 5.83. The van der Waals surface area contributed by atoms with Gasteiger partial charge in [0.05, 0.1) is 6.04 Å². The molecular formula is C13H24N2O2. The van der Waals surface area contributed by atoms with Gasteiger partial charge in [-0.2, -0.15) is 0 Å². The van der Waals surface area contributed by atoms with E-state index in [2.05, 4.69) is 10.2 Å². The van der Waals surface area contributed by atoms with Crippen molar-refractivity contribution in [1.82, 2.24) is 10.2 Å². The van der Waals surface area contributed by atoms with Crippen LogP contribution in [0.5, 0.6) is 0 Å². The van der Waals surface area contributed by atoms with E-state index >= 15 is 0 Å². The molecular weight excluding hydrogens is 216 g/mol. The monoisotopic (exact) mass is 240 g/mol. The van der Waals surface area contributed by atoms with Crippen molar-refractivity contribution >= 4 is 5.91 Å². The van der Waals surface area contributed by atoms with Gasteiger partial charge in [-0.15, -0.1) is 0 Å². The fourth-order valence-corrected chi connectivity index (χ4v) is 2.36. The third-order valence-corrected chi connectivity index (χ3v) is 3.92. The van der Waals surface area contributed by atoms with Crippen LogP contribution in [0.15, 0.2) is 0 Å². The van der Waals surface area contributed by atoms with Crippen molar-refractivity contribution in [3.63, 3.8) is 0 Å². The number of nitrogens with one attached hydrogen (secondary N) is 1. The van der Waals surface area contributed by atoms with Gasteiger partial charge in [0, 0.05) is 25.2 Å². The van der Waals surface area contributed by atoms with E-state index in [0.29, 0.717) is 12.1 Å². The van der Waals surface area contributed by atoms with Crippen LogP contribution in [0.3, 0.4) is 0 Å². The minimum Gasteiger partial charge on any atom is -0.396 e. The van der Waals surface area contributed by atoms with E-state index in [9.17, 15) is 4.79 Å². The largest absolute Gasteiger partial charge is 0.396 e. The lowest BCUT2D eigenvalue weighted by molar-refractivity contribution is -0.127. The number of hydrogen-bond acceptors (Lipinski definition) is 3. The van der Waals surface area contributed by atoms with Gasteiger partial charge in [0.15, 0.2) is 0 Å². The van der Waals surface area contributed by atoms with Crippen LogP contribution in [-0.2, 0) is 4.79 Å². The molecule has 0 heterocycles. The minimum absolute atomic E-state index is 0.0487. The zero-order valence-corrected chi connectivity index (χ0v) is 10.7. The highest BCUT2D eigenvalue weighted by Gasteiger charge is 2.33. The van der Waals surface area contributed by atoms with Crippen LogP contribution in [0.1, 0.15) is 45.4 Å². The summed E-state index contributed by atoms with van der Waals surface area (Å²) >= 11 is 0. The quantitative estimate of drug-likeness (QED) is 0.695. The maximum Gasteiger partial charge on any atom is 0.237 e. The average molecular weight is 240 g/mol. The summed E-state index contributed by atoms with van der Waals surface area (Å²) in [5.74, 6) is 0.164. The first-order valence-electron chi connectivity index (χ1n) is 6.89.